The maximum atomic E-state index is 6.46. The molecule has 0 aromatic rings. The molecule has 1 nitrogen and oxygen atoms in total. The average Bonchev–Trinajstić information content (AvgIpc) is 2.56. The predicted octanol–water partition coefficient (Wildman–Crippen LogP) is 4.55. The number of hydrogen-bond donors (Lipinski definition) is 0. The van der Waals surface area contributed by atoms with Gasteiger partial charge in [0, 0.05) is 5.92 Å². The molecule has 0 saturated heterocycles. The Balaban J connectivity index is 3.00. The van der Waals surface area contributed by atoms with Crippen molar-refractivity contribution >= 4 is 8.32 Å². The van der Waals surface area contributed by atoms with E-state index in [0.29, 0.717) is 11.8 Å². The minimum Gasteiger partial charge on any atom is -0.408 e. The SMILES string of the molecule is C=CC[C@H]1[C@H](C=C)CC[C@@]1(C=C)O[Si](C)(C)C. The average molecular weight is 250 g/mol. The number of allylic oxidation sites excluding steroid dienone is 2. The predicted molar refractivity (Wildman–Crippen MR) is 78.6 cm³/mol. The zero-order chi connectivity index (χ0) is 13.1. The smallest absolute Gasteiger partial charge is 0.184 e. The summed E-state index contributed by atoms with van der Waals surface area (Å²) in [5.41, 5.74) is -0.155. The molecular weight excluding hydrogens is 224 g/mol. The summed E-state index contributed by atoms with van der Waals surface area (Å²) < 4.78 is 6.46. The van der Waals surface area contributed by atoms with Crippen LogP contribution in [0, 0.1) is 11.8 Å². The zero-order valence-corrected chi connectivity index (χ0v) is 12.5. The molecule has 0 heterocycles. The van der Waals surface area contributed by atoms with Crippen LogP contribution < -0.4 is 0 Å². The van der Waals surface area contributed by atoms with Gasteiger partial charge in [0.2, 0.25) is 0 Å². The van der Waals surface area contributed by atoms with Crippen molar-refractivity contribution in [1.29, 1.82) is 0 Å². The van der Waals surface area contributed by atoms with Gasteiger partial charge in [-0.2, -0.15) is 0 Å². The highest BCUT2D eigenvalue weighted by molar-refractivity contribution is 6.69. The van der Waals surface area contributed by atoms with E-state index in [1.165, 1.54) is 0 Å². The fourth-order valence-corrected chi connectivity index (χ4v) is 4.45. The van der Waals surface area contributed by atoms with E-state index in [-0.39, 0.29) is 5.60 Å². The van der Waals surface area contributed by atoms with E-state index in [9.17, 15) is 0 Å². The molecule has 1 rings (SSSR count). The Morgan fingerprint density at radius 3 is 2.35 bits per heavy atom. The lowest BCUT2D eigenvalue weighted by Gasteiger charge is -2.39. The van der Waals surface area contributed by atoms with Gasteiger partial charge in [0.05, 0.1) is 5.60 Å². The van der Waals surface area contributed by atoms with Crippen LogP contribution in [0.5, 0.6) is 0 Å². The van der Waals surface area contributed by atoms with Crippen LogP contribution in [-0.2, 0) is 4.43 Å². The maximum Gasteiger partial charge on any atom is 0.184 e. The van der Waals surface area contributed by atoms with E-state index in [1.807, 2.05) is 12.2 Å². The Morgan fingerprint density at radius 1 is 1.29 bits per heavy atom. The molecule has 96 valence electrons. The van der Waals surface area contributed by atoms with Crippen LogP contribution >= 0.6 is 0 Å². The van der Waals surface area contributed by atoms with Crippen LogP contribution in [0.3, 0.4) is 0 Å². The molecule has 0 amide bonds. The van der Waals surface area contributed by atoms with E-state index < -0.39 is 8.32 Å². The van der Waals surface area contributed by atoms with Crippen LogP contribution in [0.1, 0.15) is 19.3 Å². The topological polar surface area (TPSA) is 9.23 Å². The van der Waals surface area contributed by atoms with Crippen LogP contribution in [0.2, 0.25) is 19.6 Å². The molecule has 0 radical (unpaired) electrons. The van der Waals surface area contributed by atoms with Crippen molar-refractivity contribution in [2.45, 2.75) is 44.5 Å². The summed E-state index contributed by atoms with van der Waals surface area (Å²) in [5, 5.41) is 0. The Hall–Kier alpha value is -0.603. The molecule has 1 aliphatic carbocycles. The molecule has 0 spiro atoms. The summed E-state index contributed by atoms with van der Waals surface area (Å²) in [6.45, 7) is 18.6. The molecule has 17 heavy (non-hydrogen) atoms. The van der Waals surface area contributed by atoms with E-state index >= 15 is 0 Å². The molecule has 2 heteroatoms. The lowest BCUT2D eigenvalue weighted by molar-refractivity contribution is 0.0645. The van der Waals surface area contributed by atoms with Gasteiger partial charge in [-0.25, -0.2) is 0 Å². The molecule has 3 atom stereocenters. The van der Waals surface area contributed by atoms with Gasteiger partial charge in [-0.05, 0) is 44.8 Å². The lowest BCUT2D eigenvalue weighted by atomic mass is 9.83. The summed E-state index contributed by atoms with van der Waals surface area (Å²) in [5.74, 6) is 0.990. The highest BCUT2D eigenvalue weighted by atomic mass is 28.4. The van der Waals surface area contributed by atoms with Gasteiger partial charge in [0.1, 0.15) is 0 Å². The maximum absolute atomic E-state index is 6.46. The standard InChI is InChI=1S/C15H26OSi/c1-7-10-14-13(8-2)11-12-15(14,9-3)16-17(4,5)6/h7-9,13-14H,1-3,10-12H2,4-6H3/t13-,14+,15-/m1/s1. The van der Waals surface area contributed by atoms with Crippen molar-refractivity contribution in [2.24, 2.45) is 11.8 Å². The molecule has 1 fully saturated rings. The lowest BCUT2D eigenvalue weighted by Crippen LogP contribution is -2.44. The normalized spacial score (nSPS) is 33.4. The summed E-state index contributed by atoms with van der Waals surface area (Å²) in [4.78, 5) is 0. The fourth-order valence-electron chi connectivity index (χ4n) is 2.97. The summed E-state index contributed by atoms with van der Waals surface area (Å²) in [6.07, 6.45) is 9.30. The third kappa shape index (κ3) is 3.20. The quantitative estimate of drug-likeness (QED) is 0.496. The fraction of sp³-hybridized carbons (Fsp3) is 0.600. The van der Waals surface area contributed by atoms with Crippen molar-refractivity contribution in [3.63, 3.8) is 0 Å². The van der Waals surface area contributed by atoms with E-state index in [0.717, 1.165) is 19.3 Å². The first-order valence-electron chi connectivity index (χ1n) is 6.46. The van der Waals surface area contributed by atoms with Crippen molar-refractivity contribution in [1.82, 2.24) is 0 Å². The van der Waals surface area contributed by atoms with Crippen LogP contribution in [0.15, 0.2) is 38.0 Å². The van der Waals surface area contributed by atoms with Crippen LogP contribution in [-0.4, -0.2) is 13.9 Å². The Labute approximate surface area is 107 Å². The van der Waals surface area contributed by atoms with E-state index in [4.69, 9.17) is 4.43 Å². The van der Waals surface area contributed by atoms with Gasteiger partial charge in [-0.3, -0.25) is 0 Å². The highest BCUT2D eigenvalue weighted by Gasteiger charge is 2.47. The summed E-state index contributed by atoms with van der Waals surface area (Å²) in [7, 11) is -1.57. The van der Waals surface area contributed by atoms with Gasteiger partial charge in [0.15, 0.2) is 8.32 Å². The van der Waals surface area contributed by atoms with Crippen molar-refractivity contribution in [3.8, 4) is 0 Å². The third-order valence-electron chi connectivity index (χ3n) is 3.58. The summed E-state index contributed by atoms with van der Waals surface area (Å²) >= 11 is 0. The van der Waals surface area contributed by atoms with Gasteiger partial charge in [-0.1, -0.05) is 18.2 Å². The minimum atomic E-state index is -1.57. The first kappa shape index (κ1) is 14.5. The molecule has 1 saturated carbocycles. The van der Waals surface area contributed by atoms with E-state index in [2.05, 4.69) is 45.5 Å². The molecule has 1 aliphatic rings. The van der Waals surface area contributed by atoms with Crippen molar-refractivity contribution in [3.05, 3.63) is 38.0 Å². The largest absolute Gasteiger partial charge is 0.408 e. The van der Waals surface area contributed by atoms with Gasteiger partial charge >= 0.3 is 0 Å². The minimum absolute atomic E-state index is 0.155. The van der Waals surface area contributed by atoms with Crippen molar-refractivity contribution in [2.75, 3.05) is 0 Å². The first-order chi connectivity index (χ1) is 7.88. The highest BCUT2D eigenvalue weighted by Crippen LogP contribution is 2.47. The molecule has 0 aliphatic heterocycles. The molecular formula is C15H26OSi. The number of hydrogen-bond acceptors (Lipinski definition) is 1. The summed E-state index contributed by atoms with van der Waals surface area (Å²) in [6, 6.07) is 0. The Kier molecular flexibility index (Phi) is 4.56. The molecule has 0 N–H and O–H groups in total. The second-order valence-electron chi connectivity index (χ2n) is 5.94. The van der Waals surface area contributed by atoms with Crippen molar-refractivity contribution < 1.29 is 4.43 Å². The first-order valence-corrected chi connectivity index (χ1v) is 9.86. The van der Waals surface area contributed by atoms with Gasteiger partial charge in [0.25, 0.3) is 0 Å². The third-order valence-corrected chi connectivity index (χ3v) is 4.57. The Bertz CT molecular complexity index is 303. The molecule has 0 bridgehead atoms. The van der Waals surface area contributed by atoms with Gasteiger partial charge in [-0.15, -0.1) is 19.7 Å². The Morgan fingerprint density at radius 2 is 1.94 bits per heavy atom. The second kappa shape index (κ2) is 5.36. The molecule has 0 aromatic carbocycles. The van der Waals surface area contributed by atoms with E-state index in [1.54, 1.807) is 0 Å². The van der Waals surface area contributed by atoms with Gasteiger partial charge < -0.3 is 4.43 Å². The monoisotopic (exact) mass is 250 g/mol. The number of rotatable bonds is 6. The molecule has 0 unspecified atom stereocenters. The zero-order valence-electron chi connectivity index (χ0n) is 11.5. The molecule has 0 aromatic heterocycles. The second-order valence-corrected chi connectivity index (χ2v) is 10.4. The van der Waals surface area contributed by atoms with Crippen LogP contribution in [0.25, 0.3) is 0 Å². The van der Waals surface area contributed by atoms with Crippen LogP contribution in [0.4, 0.5) is 0 Å².